The summed E-state index contributed by atoms with van der Waals surface area (Å²) >= 11 is 0. The number of nitrogens with one attached hydrogen (secondary N) is 1. The van der Waals surface area contributed by atoms with E-state index in [9.17, 15) is 0 Å². The molecule has 2 fully saturated rings. The van der Waals surface area contributed by atoms with E-state index in [1.54, 1.807) is 0 Å². The third-order valence-electron chi connectivity index (χ3n) is 4.06. The highest BCUT2D eigenvalue weighted by Crippen LogP contribution is 2.32. The Balaban J connectivity index is 1.74. The molecule has 6 heteroatoms. The van der Waals surface area contributed by atoms with Crippen molar-refractivity contribution < 1.29 is 4.74 Å². The lowest BCUT2D eigenvalue weighted by atomic mass is 10.1. The molecular formula is C13H21N5O. The molecule has 0 bridgehead atoms. The minimum atomic E-state index is 0.439. The van der Waals surface area contributed by atoms with Crippen LogP contribution in [0, 0.1) is 0 Å². The number of nitrogens with zero attached hydrogens (tertiary/aromatic N) is 3. The average molecular weight is 263 g/mol. The molecule has 0 saturated carbocycles. The first-order valence-electron chi connectivity index (χ1n) is 7.03. The van der Waals surface area contributed by atoms with E-state index in [4.69, 9.17) is 10.5 Å². The van der Waals surface area contributed by atoms with E-state index >= 15 is 0 Å². The van der Waals surface area contributed by atoms with E-state index in [0.29, 0.717) is 36.1 Å². The smallest absolute Gasteiger partial charge is 0.242 e. The van der Waals surface area contributed by atoms with Gasteiger partial charge in [-0.2, -0.15) is 4.98 Å². The van der Waals surface area contributed by atoms with Gasteiger partial charge in [-0.1, -0.05) is 0 Å². The Bertz CT molecular complexity index is 453. The Morgan fingerprint density at radius 2 is 2.32 bits per heavy atom. The van der Waals surface area contributed by atoms with Gasteiger partial charge in [-0.15, -0.1) is 0 Å². The fourth-order valence-electron chi connectivity index (χ4n) is 3.17. The Hall–Kier alpha value is -1.56. The molecule has 2 aliphatic rings. The van der Waals surface area contributed by atoms with Crippen LogP contribution in [0.15, 0.2) is 6.33 Å². The number of fused-ring (bicyclic) bond motifs is 1. The van der Waals surface area contributed by atoms with Crippen molar-refractivity contribution in [1.29, 1.82) is 0 Å². The molecule has 1 aromatic rings. The summed E-state index contributed by atoms with van der Waals surface area (Å²) in [5.41, 5.74) is 6.57. The highest BCUT2D eigenvalue weighted by molar-refractivity contribution is 5.66. The summed E-state index contributed by atoms with van der Waals surface area (Å²) in [4.78, 5) is 10.9. The zero-order valence-electron chi connectivity index (χ0n) is 11.3. The molecular weight excluding hydrogens is 242 g/mol. The molecule has 2 aliphatic heterocycles. The summed E-state index contributed by atoms with van der Waals surface area (Å²) in [6.45, 7) is 4.88. The van der Waals surface area contributed by atoms with Crippen LogP contribution in [0.4, 0.5) is 11.5 Å². The summed E-state index contributed by atoms with van der Waals surface area (Å²) in [6, 6.07) is 1.07. The summed E-state index contributed by atoms with van der Waals surface area (Å²) < 4.78 is 5.40. The number of ether oxygens (including phenoxy) is 1. The predicted molar refractivity (Wildman–Crippen MR) is 74.2 cm³/mol. The molecule has 0 aliphatic carbocycles. The molecule has 6 nitrogen and oxygen atoms in total. The number of aromatic nitrogens is 2. The van der Waals surface area contributed by atoms with Gasteiger partial charge in [0.15, 0.2) is 5.82 Å². The van der Waals surface area contributed by atoms with E-state index in [-0.39, 0.29) is 0 Å². The zero-order chi connectivity index (χ0) is 13.2. The Morgan fingerprint density at radius 3 is 3.16 bits per heavy atom. The zero-order valence-corrected chi connectivity index (χ0v) is 11.3. The number of rotatable bonds is 4. The summed E-state index contributed by atoms with van der Waals surface area (Å²) in [6.07, 6.45) is 5.22. The van der Waals surface area contributed by atoms with Gasteiger partial charge in [-0.3, -0.25) is 4.90 Å². The van der Waals surface area contributed by atoms with Crippen LogP contribution in [0.25, 0.3) is 0 Å². The predicted octanol–water partition coefficient (Wildman–Crippen LogP) is 1.11. The van der Waals surface area contributed by atoms with Gasteiger partial charge in [0, 0.05) is 18.6 Å². The van der Waals surface area contributed by atoms with Crippen LogP contribution in [-0.4, -0.2) is 46.6 Å². The molecule has 3 heterocycles. The lowest BCUT2D eigenvalue weighted by molar-refractivity contribution is 0.318. The standard InChI is InChI=1S/C13H21N5O/c1-2-19-13-11(14)12(15-8-16-13)17-9-5-7-18-6-3-4-10(9)18/h8-10H,2-7,14H2,1H3,(H,15,16,17). The first-order valence-corrected chi connectivity index (χ1v) is 7.03. The van der Waals surface area contributed by atoms with Crippen molar-refractivity contribution in [3.63, 3.8) is 0 Å². The van der Waals surface area contributed by atoms with E-state index in [1.807, 2.05) is 6.92 Å². The van der Waals surface area contributed by atoms with E-state index in [1.165, 1.54) is 32.3 Å². The van der Waals surface area contributed by atoms with Gasteiger partial charge in [-0.05, 0) is 32.7 Å². The van der Waals surface area contributed by atoms with Gasteiger partial charge in [0.1, 0.15) is 12.0 Å². The Labute approximate surface area is 113 Å². The first-order chi connectivity index (χ1) is 9.29. The largest absolute Gasteiger partial charge is 0.476 e. The second-order valence-corrected chi connectivity index (χ2v) is 5.16. The number of nitrogens with two attached hydrogens (primary N) is 1. The van der Waals surface area contributed by atoms with Crippen LogP contribution in [0.1, 0.15) is 26.2 Å². The third kappa shape index (κ3) is 2.32. The molecule has 1 aromatic heterocycles. The van der Waals surface area contributed by atoms with Gasteiger partial charge in [0.2, 0.25) is 5.88 Å². The molecule has 104 valence electrons. The fraction of sp³-hybridized carbons (Fsp3) is 0.692. The van der Waals surface area contributed by atoms with Crippen LogP contribution in [-0.2, 0) is 0 Å². The summed E-state index contributed by atoms with van der Waals surface area (Å²) in [5.74, 6) is 1.18. The van der Waals surface area contributed by atoms with Crippen LogP contribution < -0.4 is 15.8 Å². The topological polar surface area (TPSA) is 76.3 Å². The van der Waals surface area contributed by atoms with Crippen LogP contribution in [0.2, 0.25) is 0 Å². The molecule has 0 spiro atoms. The molecule has 0 radical (unpaired) electrons. The Kier molecular flexibility index (Phi) is 3.42. The fourth-order valence-corrected chi connectivity index (χ4v) is 3.17. The SMILES string of the molecule is CCOc1ncnc(NC2CCN3CCCC23)c1N. The summed E-state index contributed by atoms with van der Waals surface area (Å²) in [7, 11) is 0. The lowest BCUT2D eigenvalue weighted by Gasteiger charge is -2.22. The van der Waals surface area contributed by atoms with Crippen molar-refractivity contribution >= 4 is 11.5 Å². The van der Waals surface area contributed by atoms with Gasteiger partial charge < -0.3 is 15.8 Å². The lowest BCUT2D eigenvalue weighted by Crippen LogP contribution is -2.34. The minimum absolute atomic E-state index is 0.439. The van der Waals surface area contributed by atoms with E-state index < -0.39 is 0 Å². The van der Waals surface area contributed by atoms with Gasteiger partial charge >= 0.3 is 0 Å². The monoisotopic (exact) mass is 263 g/mol. The minimum Gasteiger partial charge on any atom is -0.476 e. The van der Waals surface area contributed by atoms with Crippen LogP contribution >= 0.6 is 0 Å². The average Bonchev–Trinajstić information content (AvgIpc) is 2.99. The number of hydrogen-bond donors (Lipinski definition) is 2. The number of hydrogen-bond acceptors (Lipinski definition) is 6. The van der Waals surface area contributed by atoms with Gasteiger partial charge in [-0.25, -0.2) is 4.98 Å². The van der Waals surface area contributed by atoms with Crippen molar-refractivity contribution in [2.75, 3.05) is 30.7 Å². The van der Waals surface area contributed by atoms with E-state index in [0.717, 1.165) is 6.42 Å². The summed E-state index contributed by atoms with van der Waals surface area (Å²) in [5, 5.41) is 3.48. The first kappa shape index (κ1) is 12.5. The van der Waals surface area contributed by atoms with Crippen LogP contribution in [0.3, 0.4) is 0 Å². The molecule has 2 atom stereocenters. The highest BCUT2D eigenvalue weighted by atomic mass is 16.5. The second-order valence-electron chi connectivity index (χ2n) is 5.16. The number of anilines is 2. The molecule has 0 amide bonds. The number of nitrogen functional groups attached to an aromatic ring is 1. The molecule has 2 unspecified atom stereocenters. The van der Waals surface area contributed by atoms with Crippen molar-refractivity contribution in [3.05, 3.63) is 6.33 Å². The molecule has 2 saturated heterocycles. The van der Waals surface area contributed by atoms with E-state index in [2.05, 4.69) is 20.2 Å². The van der Waals surface area contributed by atoms with Crippen molar-refractivity contribution in [3.8, 4) is 5.88 Å². The van der Waals surface area contributed by atoms with Gasteiger partial charge in [0.05, 0.1) is 6.61 Å². The molecule has 0 aromatic carbocycles. The molecule has 3 N–H and O–H groups in total. The Morgan fingerprint density at radius 1 is 1.42 bits per heavy atom. The maximum atomic E-state index is 6.06. The van der Waals surface area contributed by atoms with Crippen LogP contribution in [0.5, 0.6) is 5.88 Å². The maximum Gasteiger partial charge on any atom is 0.242 e. The van der Waals surface area contributed by atoms with Crippen molar-refractivity contribution in [1.82, 2.24) is 14.9 Å². The normalized spacial score (nSPS) is 26.4. The molecule has 3 rings (SSSR count). The highest BCUT2D eigenvalue weighted by Gasteiger charge is 2.37. The van der Waals surface area contributed by atoms with Crippen molar-refractivity contribution in [2.45, 2.75) is 38.3 Å². The van der Waals surface area contributed by atoms with Crippen molar-refractivity contribution in [2.24, 2.45) is 0 Å². The van der Waals surface area contributed by atoms with Gasteiger partial charge in [0.25, 0.3) is 0 Å². The third-order valence-corrected chi connectivity index (χ3v) is 4.06. The second kappa shape index (κ2) is 5.21. The molecule has 19 heavy (non-hydrogen) atoms. The quantitative estimate of drug-likeness (QED) is 0.847. The maximum absolute atomic E-state index is 6.06.